The second-order valence-electron chi connectivity index (χ2n) is 6.38. The molecule has 1 N–H and O–H groups in total. The maximum absolute atomic E-state index is 12.3. The highest BCUT2D eigenvalue weighted by atomic mass is 16.5. The standard InChI is InChI=1S/C18H25N3O2/c1-13-11-16(21-7-9-23-10-8-21)19-14(2)18(13)20-17(22)12-15-5-3-4-6-15/h3,5,11,15H,4,6-10,12H2,1-2H3,(H,20,22). The molecule has 0 spiro atoms. The molecular weight excluding hydrogens is 290 g/mol. The maximum Gasteiger partial charge on any atom is 0.225 e. The summed E-state index contributed by atoms with van der Waals surface area (Å²) < 4.78 is 5.39. The number of amides is 1. The van der Waals surface area contributed by atoms with Crippen LogP contribution in [0.5, 0.6) is 0 Å². The molecule has 2 aliphatic rings. The SMILES string of the molecule is Cc1cc(N2CCOCC2)nc(C)c1NC(=O)CC1C=CCC1. The van der Waals surface area contributed by atoms with Crippen LogP contribution in [0.3, 0.4) is 0 Å². The minimum Gasteiger partial charge on any atom is -0.378 e. The maximum atomic E-state index is 12.3. The zero-order valence-electron chi connectivity index (χ0n) is 14.0. The summed E-state index contributed by atoms with van der Waals surface area (Å²) in [5.41, 5.74) is 2.80. The number of aryl methyl sites for hydroxylation is 2. The number of hydrogen-bond donors (Lipinski definition) is 1. The van der Waals surface area contributed by atoms with E-state index in [0.29, 0.717) is 12.3 Å². The first kappa shape index (κ1) is 16.0. The highest BCUT2D eigenvalue weighted by molar-refractivity contribution is 5.92. The quantitative estimate of drug-likeness (QED) is 0.868. The molecule has 0 radical (unpaired) electrons. The molecule has 1 aromatic heterocycles. The molecule has 5 heteroatoms. The van der Waals surface area contributed by atoms with Crippen molar-refractivity contribution in [1.29, 1.82) is 0 Å². The summed E-state index contributed by atoms with van der Waals surface area (Å²) in [4.78, 5) is 19.2. The first-order valence-corrected chi connectivity index (χ1v) is 8.41. The van der Waals surface area contributed by atoms with Crippen LogP contribution in [0.4, 0.5) is 11.5 Å². The Kier molecular flexibility index (Phi) is 4.96. The summed E-state index contributed by atoms with van der Waals surface area (Å²) in [5, 5.41) is 3.06. The van der Waals surface area contributed by atoms with Crippen LogP contribution in [0.25, 0.3) is 0 Å². The molecule has 1 saturated heterocycles. The number of nitrogens with one attached hydrogen (secondary N) is 1. The summed E-state index contributed by atoms with van der Waals surface area (Å²) in [7, 11) is 0. The van der Waals surface area contributed by atoms with Crippen LogP contribution in [-0.4, -0.2) is 37.2 Å². The van der Waals surface area contributed by atoms with Gasteiger partial charge in [-0.3, -0.25) is 4.79 Å². The van der Waals surface area contributed by atoms with E-state index in [4.69, 9.17) is 4.74 Å². The smallest absolute Gasteiger partial charge is 0.225 e. The van der Waals surface area contributed by atoms with Gasteiger partial charge in [-0.15, -0.1) is 0 Å². The van der Waals surface area contributed by atoms with E-state index in [1.807, 2.05) is 13.8 Å². The molecule has 1 fully saturated rings. The molecule has 0 saturated carbocycles. The molecule has 0 aromatic carbocycles. The van der Waals surface area contributed by atoms with E-state index in [9.17, 15) is 4.79 Å². The van der Waals surface area contributed by atoms with Gasteiger partial charge in [-0.05, 0) is 44.2 Å². The number of anilines is 2. The van der Waals surface area contributed by atoms with Crippen molar-refractivity contribution in [1.82, 2.24) is 4.98 Å². The number of carbonyl (C=O) groups excluding carboxylic acids is 1. The molecule has 1 aliphatic heterocycles. The van der Waals surface area contributed by atoms with Crippen molar-refractivity contribution >= 4 is 17.4 Å². The van der Waals surface area contributed by atoms with Gasteiger partial charge in [-0.25, -0.2) is 4.98 Å². The lowest BCUT2D eigenvalue weighted by Crippen LogP contribution is -2.37. The number of allylic oxidation sites excluding steroid dienone is 2. The first-order chi connectivity index (χ1) is 11.1. The Morgan fingerprint density at radius 3 is 2.83 bits per heavy atom. The number of aromatic nitrogens is 1. The summed E-state index contributed by atoms with van der Waals surface area (Å²) in [6, 6.07) is 2.06. The summed E-state index contributed by atoms with van der Waals surface area (Å²) in [6.07, 6.45) is 7.04. The fraction of sp³-hybridized carbons (Fsp3) is 0.556. The van der Waals surface area contributed by atoms with Crippen molar-refractivity contribution < 1.29 is 9.53 Å². The number of rotatable bonds is 4. The van der Waals surface area contributed by atoms with E-state index in [1.165, 1.54) is 0 Å². The monoisotopic (exact) mass is 315 g/mol. The fourth-order valence-corrected chi connectivity index (χ4v) is 3.25. The Labute approximate surface area is 137 Å². The molecular formula is C18H25N3O2. The molecule has 1 unspecified atom stereocenters. The number of morpholine rings is 1. The molecule has 124 valence electrons. The highest BCUT2D eigenvalue weighted by Gasteiger charge is 2.18. The van der Waals surface area contributed by atoms with Crippen LogP contribution in [0.1, 0.15) is 30.5 Å². The molecule has 5 nitrogen and oxygen atoms in total. The molecule has 0 bridgehead atoms. The Bertz CT molecular complexity index is 583. The van der Waals surface area contributed by atoms with Crippen LogP contribution in [-0.2, 0) is 9.53 Å². The average molecular weight is 315 g/mol. The zero-order chi connectivity index (χ0) is 16.2. The van der Waals surface area contributed by atoms with Gasteiger partial charge >= 0.3 is 0 Å². The van der Waals surface area contributed by atoms with Gasteiger partial charge in [0.05, 0.1) is 24.6 Å². The van der Waals surface area contributed by atoms with Crippen LogP contribution >= 0.6 is 0 Å². The van der Waals surface area contributed by atoms with Gasteiger partial charge in [-0.2, -0.15) is 0 Å². The number of hydrogen-bond acceptors (Lipinski definition) is 4. The van der Waals surface area contributed by atoms with E-state index < -0.39 is 0 Å². The fourth-order valence-electron chi connectivity index (χ4n) is 3.25. The lowest BCUT2D eigenvalue weighted by molar-refractivity contribution is -0.116. The van der Waals surface area contributed by atoms with Gasteiger partial charge in [0.2, 0.25) is 5.91 Å². The van der Waals surface area contributed by atoms with Crippen molar-refractivity contribution in [2.24, 2.45) is 5.92 Å². The molecule has 23 heavy (non-hydrogen) atoms. The third-order valence-electron chi connectivity index (χ3n) is 4.54. The highest BCUT2D eigenvalue weighted by Crippen LogP contribution is 2.26. The summed E-state index contributed by atoms with van der Waals surface area (Å²) in [6.45, 7) is 7.21. The van der Waals surface area contributed by atoms with Crippen molar-refractivity contribution in [2.75, 3.05) is 36.5 Å². The molecule has 1 atom stereocenters. The van der Waals surface area contributed by atoms with Crippen molar-refractivity contribution in [3.05, 3.63) is 29.5 Å². The third kappa shape index (κ3) is 3.91. The van der Waals surface area contributed by atoms with Crippen LogP contribution < -0.4 is 10.2 Å². The Morgan fingerprint density at radius 2 is 2.17 bits per heavy atom. The average Bonchev–Trinajstić information content (AvgIpc) is 3.04. The second-order valence-corrected chi connectivity index (χ2v) is 6.38. The predicted octanol–water partition coefficient (Wildman–Crippen LogP) is 2.83. The normalized spacial score (nSPS) is 20.8. The van der Waals surface area contributed by atoms with Crippen molar-refractivity contribution in [3.8, 4) is 0 Å². The van der Waals surface area contributed by atoms with Gasteiger partial charge in [0.1, 0.15) is 5.82 Å². The largest absolute Gasteiger partial charge is 0.378 e. The van der Waals surface area contributed by atoms with E-state index in [-0.39, 0.29) is 5.91 Å². The number of nitrogens with zero attached hydrogens (tertiary/aromatic N) is 2. The van der Waals surface area contributed by atoms with E-state index >= 15 is 0 Å². The lowest BCUT2D eigenvalue weighted by Gasteiger charge is -2.28. The predicted molar refractivity (Wildman–Crippen MR) is 91.9 cm³/mol. The molecule has 1 aliphatic carbocycles. The van der Waals surface area contributed by atoms with Crippen LogP contribution in [0.15, 0.2) is 18.2 Å². The van der Waals surface area contributed by atoms with Gasteiger partial charge in [0.15, 0.2) is 0 Å². The second kappa shape index (κ2) is 7.13. The van der Waals surface area contributed by atoms with Gasteiger partial charge in [0, 0.05) is 19.5 Å². The molecule has 2 heterocycles. The zero-order valence-corrected chi connectivity index (χ0v) is 14.0. The molecule has 1 aromatic rings. The third-order valence-corrected chi connectivity index (χ3v) is 4.54. The van der Waals surface area contributed by atoms with E-state index in [2.05, 4.69) is 33.4 Å². The molecule has 3 rings (SSSR count). The Hall–Kier alpha value is -1.88. The van der Waals surface area contributed by atoms with Gasteiger partial charge in [0.25, 0.3) is 0 Å². The van der Waals surface area contributed by atoms with Crippen molar-refractivity contribution in [3.63, 3.8) is 0 Å². The lowest BCUT2D eigenvalue weighted by atomic mass is 10.0. The minimum atomic E-state index is 0.0775. The van der Waals surface area contributed by atoms with Crippen molar-refractivity contribution in [2.45, 2.75) is 33.1 Å². The van der Waals surface area contributed by atoms with Gasteiger partial charge in [-0.1, -0.05) is 12.2 Å². The van der Waals surface area contributed by atoms with Gasteiger partial charge < -0.3 is 15.0 Å². The summed E-state index contributed by atoms with van der Waals surface area (Å²) in [5.74, 6) is 1.44. The van der Waals surface area contributed by atoms with Crippen LogP contribution in [0, 0.1) is 19.8 Å². The minimum absolute atomic E-state index is 0.0775. The first-order valence-electron chi connectivity index (χ1n) is 8.41. The Balaban J connectivity index is 1.69. The molecule has 1 amide bonds. The number of pyridine rings is 1. The number of carbonyl (C=O) groups is 1. The van der Waals surface area contributed by atoms with E-state index in [1.54, 1.807) is 0 Å². The van der Waals surface area contributed by atoms with E-state index in [0.717, 1.165) is 61.9 Å². The summed E-state index contributed by atoms with van der Waals surface area (Å²) >= 11 is 0. The Morgan fingerprint density at radius 1 is 1.39 bits per heavy atom. The van der Waals surface area contributed by atoms with Crippen LogP contribution in [0.2, 0.25) is 0 Å². The number of ether oxygens (including phenoxy) is 1. The topological polar surface area (TPSA) is 54.5 Å².